The van der Waals surface area contributed by atoms with Crippen molar-refractivity contribution in [1.29, 1.82) is 0 Å². The molecule has 8 heteroatoms. The Morgan fingerprint density at radius 1 is 1.38 bits per heavy atom. The largest absolute Gasteiger partial charge is 0.383 e. The van der Waals surface area contributed by atoms with Crippen molar-refractivity contribution >= 4 is 5.91 Å². The number of carbonyl (C=O) groups is 1. The van der Waals surface area contributed by atoms with Crippen LogP contribution in [0.25, 0.3) is 0 Å². The Kier molecular flexibility index (Phi) is 4.30. The fourth-order valence-electron chi connectivity index (χ4n) is 4.02. The molecule has 2 aliphatic carbocycles. The van der Waals surface area contributed by atoms with Gasteiger partial charge < -0.3 is 10.4 Å². The topological polar surface area (TPSA) is 97.9 Å². The maximum absolute atomic E-state index is 12.6. The second-order valence-electron chi connectivity index (χ2n) is 7.75. The van der Waals surface area contributed by atoms with E-state index in [0.29, 0.717) is 23.7 Å². The van der Waals surface area contributed by atoms with Gasteiger partial charge in [-0.15, -0.1) is 5.10 Å². The summed E-state index contributed by atoms with van der Waals surface area (Å²) < 4.78 is 3.53. The molecule has 2 saturated carbocycles. The fourth-order valence-corrected chi connectivity index (χ4v) is 4.02. The van der Waals surface area contributed by atoms with Crippen molar-refractivity contribution in [2.45, 2.75) is 63.6 Å². The number of aromatic nitrogens is 5. The summed E-state index contributed by atoms with van der Waals surface area (Å²) in [5.74, 6) is 0.261. The molecule has 0 bridgehead atoms. The minimum Gasteiger partial charge on any atom is -0.383 e. The van der Waals surface area contributed by atoms with Gasteiger partial charge in [-0.2, -0.15) is 5.10 Å². The van der Waals surface area contributed by atoms with E-state index >= 15 is 0 Å². The molecule has 2 atom stereocenters. The first-order valence-electron chi connectivity index (χ1n) is 9.39. The maximum atomic E-state index is 12.6. The number of aliphatic hydroxyl groups is 1. The van der Waals surface area contributed by atoms with Gasteiger partial charge >= 0.3 is 0 Å². The molecular weight excluding hydrogens is 332 g/mol. The van der Waals surface area contributed by atoms with Crippen LogP contribution in [-0.4, -0.2) is 41.8 Å². The van der Waals surface area contributed by atoms with Crippen molar-refractivity contribution in [2.75, 3.05) is 0 Å². The maximum Gasteiger partial charge on any atom is 0.254 e. The monoisotopic (exact) mass is 358 g/mol. The van der Waals surface area contributed by atoms with Gasteiger partial charge in [0.2, 0.25) is 0 Å². The van der Waals surface area contributed by atoms with Crippen LogP contribution in [0.3, 0.4) is 0 Å². The van der Waals surface area contributed by atoms with E-state index in [2.05, 4.69) is 20.7 Å². The molecule has 0 radical (unpaired) electrons. The molecule has 140 valence electrons. The molecule has 2 aromatic rings. The summed E-state index contributed by atoms with van der Waals surface area (Å²) in [6.07, 6.45) is 9.16. The second kappa shape index (κ2) is 6.50. The highest BCUT2D eigenvalue weighted by Gasteiger charge is 2.39. The number of nitrogens with one attached hydrogen (secondary N) is 1. The summed E-state index contributed by atoms with van der Waals surface area (Å²) in [6, 6.07) is 0.126. The van der Waals surface area contributed by atoms with E-state index in [-0.39, 0.29) is 11.9 Å². The normalized spacial score (nSPS) is 24.4. The van der Waals surface area contributed by atoms with Gasteiger partial charge in [0.15, 0.2) is 0 Å². The molecule has 0 saturated heterocycles. The third kappa shape index (κ3) is 3.02. The first-order valence-corrected chi connectivity index (χ1v) is 9.39. The highest BCUT2D eigenvalue weighted by molar-refractivity contribution is 5.95. The van der Waals surface area contributed by atoms with E-state index in [4.69, 9.17) is 0 Å². The van der Waals surface area contributed by atoms with E-state index in [1.165, 1.54) is 0 Å². The Morgan fingerprint density at radius 2 is 2.19 bits per heavy atom. The van der Waals surface area contributed by atoms with Gasteiger partial charge in [0.05, 0.1) is 18.0 Å². The quantitative estimate of drug-likeness (QED) is 0.839. The average molecular weight is 358 g/mol. The van der Waals surface area contributed by atoms with Crippen LogP contribution in [-0.2, 0) is 19.2 Å². The number of aryl methyl sites for hydroxylation is 1. The molecule has 0 aliphatic heterocycles. The molecule has 1 amide bonds. The van der Waals surface area contributed by atoms with Crippen molar-refractivity contribution in [3.05, 3.63) is 29.3 Å². The van der Waals surface area contributed by atoms with Crippen molar-refractivity contribution in [3.63, 3.8) is 0 Å². The average Bonchev–Trinajstić information content (AvgIpc) is 3.29. The zero-order valence-electron chi connectivity index (χ0n) is 15.4. The Hall–Kier alpha value is -2.22. The second-order valence-corrected chi connectivity index (χ2v) is 7.75. The highest BCUT2D eigenvalue weighted by Crippen LogP contribution is 2.39. The SMILES string of the molecule is Cc1c(C(=O)N[C@@H]2CCC[C@@H]2Cn2cc(C3(O)CCC3)nn2)cnn1C. The van der Waals surface area contributed by atoms with Gasteiger partial charge in [0.1, 0.15) is 11.3 Å². The van der Waals surface area contributed by atoms with Gasteiger partial charge in [0, 0.05) is 25.3 Å². The van der Waals surface area contributed by atoms with Gasteiger partial charge in [-0.3, -0.25) is 14.2 Å². The number of carbonyl (C=O) groups excluding carboxylic acids is 1. The molecular formula is C18H26N6O2. The third-order valence-electron chi connectivity index (χ3n) is 6.07. The summed E-state index contributed by atoms with van der Waals surface area (Å²) in [7, 11) is 1.84. The number of amides is 1. The molecule has 26 heavy (non-hydrogen) atoms. The van der Waals surface area contributed by atoms with Gasteiger partial charge in [-0.25, -0.2) is 0 Å². The Balaban J connectivity index is 1.40. The zero-order valence-corrected chi connectivity index (χ0v) is 15.4. The smallest absolute Gasteiger partial charge is 0.254 e. The highest BCUT2D eigenvalue weighted by atomic mass is 16.3. The fraction of sp³-hybridized carbons (Fsp3) is 0.667. The summed E-state index contributed by atoms with van der Waals surface area (Å²) in [5.41, 5.74) is 1.40. The standard InChI is InChI=1S/C18H26N6O2/c1-12-14(9-19-23(12)2)17(25)20-15-6-3-5-13(15)10-24-11-16(21-22-24)18(26)7-4-8-18/h9,11,13,15,26H,3-8,10H2,1-2H3,(H,20,25)/t13-,15-/m1/s1. The van der Waals surface area contributed by atoms with Crippen LogP contribution in [0.2, 0.25) is 0 Å². The number of hydrogen-bond donors (Lipinski definition) is 2. The summed E-state index contributed by atoms with van der Waals surface area (Å²) in [6.45, 7) is 2.61. The van der Waals surface area contributed by atoms with Gasteiger partial charge in [-0.05, 0) is 44.9 Å². The minimum atomic E-state index is -0.778. The number of hydrogen-bond acceptors (Lipinski definition) is 5. The van der Waals surface area contributed by atoms with Crippen LogP contribution in [0, 0.1) is 12.8 Å². The van der Waals surface area contributed by atoms with Crippen LogP contribution < -0.4 is 5.32 Å². The molecule has 2 aromatic heterocycles. The van der Waals surface area contributed by atoms with E-state index in [1.807, 2.05) is 24.9 Å². The summed E-state index contributed by atoms with van der Waals surface area (Å²) in [5, 5.41) is 26.1. The van der Waals surface area contributed by atoms with Crippen molar-refractivity contribution in [1.82, 2.24) is 30.1 Å². The molecule has 2 fully saturated rings. The lowest BCUT2D eigenvalue weighted by molar-refractivity contribution is -0.0427. The predicted molar refractivity (Wildman–Crippen MR) is 94.3 cm³/mol. The molecule has 2 heterocycles. The molecule has 0 unspecified atom stereocenters. The minimum absolute atomic E-state index is 0.0597. The van der Waals surface area contributed by atoms with Crippen LogP contribution in [0.5, 0.6) is 0 Å². The first-order chi connectivity index (χ1) is 12.5. The molecule has 4 rings (SSSR count). The molecule has 0 spiro atoms. The first kappa shape index (κ1) is 17.2. The lowest BCUT2D eigenvalue weighted by Crippen LogP contribution is -2.39. The Bertz CT molecular complexity index is 806. The van der Waals surface area contributed by atoms with Crippen molar-refractivity contribution in [3.8, 4) is 0 Å². The number of nitrogens with zero attached hydrogens (tertiary/aromatic N) is 5. The molecule has 2 N–H and O–H groups in total. The van der Waals surface area contributed by atoms with E-state index in [9.17, 15) is 9.90 Å². The van der Waals surface area contributed by atoms with Crippen molar-refractivity contribution < 1.29 is 9.90 Å². The Labute approximate surface area is 152 Å². The van der Waals surface area contributed by atoms with E-state index < -0.39 is 5.60 Å². The Morgan fingerprint density at radius 3 is 2.85 bits per heavy atom. The van der Waals surface area contributed by atoms with Crippen molar-refractivity contribution in [2.24, 2.45) is 13.0 Å². The predicted octanol–water partition coefficient (Wildman–Crippen LogP) is 1.29. The van der Waals surface area contributed by atoms with Crippen LogP contribution in [0.4, 0.5) is 0 Å². The van der Waals surface area contributed by atoms with Gasteiger partial charge in [-0.1, -0.05) is 11.6 Å². The van der Waals surface area contributed by atoms with E-state index in [1.54, 1.807) is 10.9 Å². The zero-order chi connectivity index (χ0) is 18.3. The number of rotatable bonds is 5. The molecule has 8 nitrogen and oxygen atoms in total. The lowest BCUT2D eigenvalue weighted by atomic mass is 9.78. The van der Waals surface area contributed by atoms with Crippen LogP contribution in [0.1, 0.15) is 60.3 Å². The lowest BCUT2D eigenvalue weighted by Gasteiger charge is -2.34. The van der Waals surface area contributed by atoms with Gasteiger partial charge in [0.25, 0.3) is 5.91 Å². The third-order valence-corrected chi connectivity index (χ3v) is 6.07. The summed E-state index contributed by atoms with van der Waals surface area (Å²) in [4.78, 5) is 12.6. The summed E-state index contributed by atoms with van der Waals surface area (Å²) >= 11 is 0. The van der Waals surface area contributed by atoms with Crippen LogP contribution in [0.15, 0.2) is 12.4 Å². The molecule has 0 aromatic carbocycles. The van der Waals surface area contributed by atoms with Crippen LogP contribution >= 0.6 is 0 Å². The molecule has 2 aliphatic rings. The van der Waals surface area contributed by atoms with E-state index in [0.717, 1.165) is 44.2 Å².